The van der Waals surface area contributed by atoms with E-state index in [1.165, 1.54) is 4.68 Å². The highest BCUT2D eigenvalue weighted by atomic mass is 35.5. The minimum atomic E-state index is -0.236. The topological polar surface area (TPSA) is 66.0 Å². The molecule has 1 amide bonds. The zero-order valence-electron chi connectivity index (χ0n) is 16.7. The number of ether oxygens (including phenoxy) is 1. The van der Waals surface area contributed by atoms with Gasteiger partial charge < -0.3 is 10.1 Å². The summed E-state index contributed by atoms with van der Waals surface area (Å²) >= 11 is 11.7. The molecule has 0 aliphatic rings. The maximum absolute atomic E-state index is 12.6. The normalized spacial score (nSPS) is 10.8. The fourth-order valence-electron chi connectivity index (χ4n) is 3.09. The predicted molar refractivity (Wildman–Crippen MR) is 123 cm³/mol. The van der Waals surface area contributed by atoms with Gasteiger partial charge in [0.2, 0.25) is 10.7 Å². The summed E-state index contributed by atoms with van der Waals surface area (Å²) in [6.45, 7) is 2.48. The van der Waals surface area contributed by atoms with Gasteiger partial charge in [-0.05, 0) is 79.8 Å². The van der Waals surface area contributed by atoms with Crippen molar-refractivity contribution in [1.82, 2.24) is 19.1 Å². The molecule has 0 fully saturated rings. The molecular weight excluding hydrogens is 434 g/mol. The van der Waals surface area contributed by atoms with Gasteiger partial charge in [0, 0.05) is 28.7 Å². The summed E-state index contributed by atoms with van der Waals surface area (Å²) in [5, 5.41) is 8.11. The number of carbonyl (C=O) groups is 1. The van der Waals surface area contributed by atoms with Gasteiger partial charge in [-0.25, -0.2) is 9.36 Å². The third-order valence-electron chi connectivity index (χ3n) is 4.48. The molecule has 7 nitrogen and oxygen atoms in total. The number of benzene rings is 2. The summed E-state index contributed by atoms with van der Waals surface area (Å²) in [5.74, 6) is 1.12. The van der Waals surface area contributed by atoms with Crippen LogP contribution in [0.25, 0.3) is 11.4 Å². The molecule has 2 heterocycles. The number of amides is 1. The summed E-state index contributed by atoms with van der Waals surface area (Å²) in [5.41, 5.74) is 1.50. The van der Waals surface area contributed by atoms with E-state index in [1.54, 1.807) is 28.9 Å². The van der Waals surface area contributed by atoms with Crippen LogP contribution >= 0.6 is 23.8 Å². The zero-order valence-corrected chi connectivity index (χ0v) is 18.3. The Morgan fingerprint density at radius 3 is 2.42 bits per heavy atom. The summed E-state index contributed by atoms with van der Waals surface area (Å²) in [4.78, 5) is 12.6. The van der Waals surface area contributed by atoms with E-state index in [0.29, 0.717) is 27.9 Å². The Balaban J connectivity index is 1.61. The molecule has 31 heavy (non-hydrogen) atoms. The van der Waals surface area contributed by atoms with Crippen LogP contribution in [0, 0.1) is 4.77 Å². The average Bonchev–Trinajstić information content (AvgIpc) is 3.39. The first-order valence-corrected chi connectivity index (χ1v) is 10.5. The maximum atomic E-state index is 12.6. The zero-order chi connectivity index (χ0) is 21.8. The molecule has 0 unspecified atom stereocenters. The molecule has 0 atom stereocenters. The van der Waals surface area contributed by atoms with Crippen LogP contribution in [-0.4, -0.2) is 31.6 Å². The Morgan fingerprint density at radius 2 is 1.77 bits per heavy atom. The van der Waals surface area contributed by atoms with E-state index >= 15 is 0 Å². The molecule has 0 aliphatic heterocycles. The van der Waals surface area contributed by atoms with Gasteiger partial charge in [-0.1, -0.05) is 11.6 Å². The number of halogens is 1. The Hall–Kier alpha value is -3.36. The minimum Gasteiger partial charge on any atom is -0.494 e. The molecule has 0 saturated heterocycles. The average molecular weight is 454 g/mol. The van der Waals surface area contributed by atoms with Crippen molar-refractivity contribution in [2.45, 2.75) is 13.5 Å². The molecule has 0 radical (unpaired) electrons. The summed E-state index contributed by atoms with van der Waals surface area (Å²) in [7, 11) is 0. The van der Waals surface area contributed by atoms with Gasteiger partial charge in [-0.15, -0.1) is 5.10 Å². The molecule has 0 aliphatic carbocycles. The van der Waals surface area contributed by atoms with Gasteiger partial charge in [-0.2, -0.15) is 0 Å². The van der Waals surface area contributed by atoms with E-state index in [0.717, 1.165) is 11.3 Å². The number of rotatable bonds is 7. The van der Waals surface area contributed by atoms with Gasteiger partial charge in [0.1, 0.15) is 12.3 Å². The van der Waals surface area contributed by atoms with Crippen LogP contribution in [0.5, 0.6) is 5.75 Å². The molecule has 158 valence electrons. The quantitative estimate of drug-likeness (QED) is 0.405. The second kappa shape index (κ2) is 9.20. The SMILES string of the molecule is CCOc1ccc(NC(=O)Cn2nc(-c3ccc(Cl)cc3)n(-n3cccc3)c2=S)cc1. The van der Waals surface area contributed by atoms with Crippen LogP contribution in [0.1, 0.15) is 6.92 Å². The number of aromatic nitrogens is 4. The largest absolute Gasteiger partial charge is 0.494 e. The lowest BCUT2D eigenvalue weighted by Gasteiger charge is -2.08. The number of carbonyl (C=O) groups excluding carboxylic acids is 1. The summed E-state index contributed by atoms with van der Waals surface area (Å²) in [6.07, 6.45) is 3.72. The van der Waals surface area contributed by atoms with Crippen LogP contribution in [0.4, 0.5) is 5.69 Å². The third-order valence-corrected chi connectivity index (χ3v) is 5.12. The molecule has 2 aromatic heterocycles. The van der Waals surface area contributed by atoms with Crippen LogP contribution < -0.4 is 10.1 Å². The second-order valence-electron chi connectivity index (χ2n) is 6.65. The number of hydrogen-bond acceptors (Lipinski definition) is 4. The van der Waals surface area contributed by atoms with Crippen molar-refractivity contribution in [2.75, 3.05) is 11.9 Å². The first-order valence-electron chi connectivity index (χ1n) is 9.67. The van der Waals surface area contributed by atoms with Crippen molar-refractivity contribution in [3.63, 3.8) is 0 Å². The molecule has 0 saturated carbocycles. The Labute approximate surface area is 189 Å². The van der Waals surface area contributed by atoms with Crippen molar-refractivity contribution in [3.05, 3.63) is 82.9 Å². The number of anilines is 1. The highest BCUT2D eigenvalue weighted by Gasteiger charge is 2.16. The number of hydrogen-bond donors (Lipinski definition) is 1. The van der Waals surface area contributed by atoms with E-state index in [1.807, 2.05) is 60.4 Å². The van der Waals surface area contributed by atoms with Crippen molar-refractivity contribution >= 4 is 35.4 Å². The molecule has 0 spiro atoms. The molecular formula is C22H20ClN5O2S. The fraction of sp³-hybridized carbons (Fsp3) is 0.136. The summed E-state index contributed by atoms with van der Waals surface area (Å²) < 4.78 is 10.9. The van der Waals surface area contributed by atoms with Gasteiger partial charge in [0.15, 0.2) is 5.82 Å². The van der Waals surface area contributed by atoms with E-state index in [9.17, 15) is 4.79 Å². The third kappa shape index (κ3) is 4.70. The fourth-order valence-corrected chi connectivity index (χ4v) is 3.50. The van der Waals surface area contributed by atoms with Crippen LogP contribution in [0.3, 0.4) is 0 Å². The van der Waals surface area contributed by atoms with Crippen molar-refractivity contribution < 1.29 is 9.53 Å². The number of nitrogens with one attached hydrogen (secondary N) is 1. The molecule has 9 heteroatoms. The molecule has 2 aromatic carbocycles. The second-order valence-corrected chi connectivity index (χ2v) is 7.45. The molecule has 1 N–H and O–H groups in total. The van der Waals surface area contributed by atoms with Crippen molar-refractivity contribution in [1.29, 1.82) is 0 Å². The van der Waals surface area contributed by atoms with Crippen molar-refractivity contribution in [2.24, 2.45) is 0 Å². The lowest BCUT2D eigenvalue weighted by molar-refractivity contribution is -0.116. The first-order chi connectivity index (χ1) is 15.0. The molecule has 4 rings (SSSR count). The van der Waals surface area contributed by atoms with E-state index in [4.69, 9.17) is 28.6 Å². The van der Waals surface area contributed by atoms with Crippen molar-refractivity contribution in [3.8, 4) is 17.1 Å². The highest BCUT2D eigenvalue weighted by Crippen LogP contribution is 2.21. The van der Waals surface area contributed by atoms with Crippen LogP contribution in [0.15, 0.2) is 73.1 Å². The lowest BCUT2D eigenvalue weighted by Crippen LogP contribution is -2.20. The Kier molecular flexibility index (Phi) is 6.20. The number of nitrogens with zero attached hydrogens (tertiary/aromatic N) is 4. The van der Waals surface area contributed by atoms with E-state index < -0.39 is 0 Å². The lowest BCUT2D eigenvalue weighted by atomic mass is 10.2. The first kappa shape index (κ1) is 20.9. The van der Waals surface area contributed by atoms with Gasteiger partial charge >= 0.3 is 0 Å². The van der Waals surface area contributed by atoms with Crippen LogP contribution in [0.2, 0.25) is 5.02 Å². The molecule has 4 aromatic rings. The van der Waals surface area contributed by atoms with Gasteiger partial charge in [0.05, 0.1) is 6.61 Å². The standard InChI is InChI=1S/C22H20ClN5O2S/c1-2-30-19-11-9-18(10-12-19)24-20(29)15-27-22(31)28(26-13-3-4-14-26)21(25-27)16-5-7-17(23)8-6-16/h3-14H,2,15H2,1H3,(H,24,29). The van der Waals surface area contributed by atoms with Gasteiger partial charge in [0.25, 0.3) is 0 Å². The van der Waals surface area contributed by atoms with E-state index in [2.05, 4.69) is 10.4 Å². The highest BCUT2D eigenvalue weighted by molar-refractivity contribution is 7.71. The Bertz CT molecular complexity index is 1230. The predicted octanol–water partition coefficient (Wildman–Crippen LogP) is 4.88. The maximum Gasteiger partial charge on any atom is 0.246 e. The smallest absolute Gasteiger partial charge is 0.246 e. The van der Waals surface area contributed by atoms with E-state index in [-0.39, 0.29) is 12.5 Å². The monoisotopic (exact) mass is 453 g/mol. The Morgan fingerprint density at radius 1 is 1.10 bits per heavy atom. The molecule has 0 bridgehead atoms. The minimum absolute atomic E-state index is 0.0269. The van der Waals surface area contributed by atoms with Crippen LogP contribution in [-0.2, 0) is 11.3 Å². The van der Waals surface area contributed by atoms with Gasteiger partial charge in [-0.3, -0.25) is 9.47 Å². The summed E-state index contributed by atoms with van der Waals surface area (Å²) in [6, 6.07) is 18.3.